The third-order valence-electron chi connectivity index (χ3n) is 5.82. The lowest BCUT2D eigenvalue weighted by Crippen LogP contribution is -2.46. The van der Waals surface area contributed by atoms with E-state index in [4.69, 9.17) is 4.74 Å². The van der Waals surface area contributed by atoms with Gasteiger partial charge in [0, 0.05) is 51.5 Å². The highest BCUT2D eigenvalue weighted by Gasteiger charge is 2.43. The zero-order valence-electron chi connectivity index (χ0n) is 16.6. The maximum Gasteiger partial charge on any atom is 0.272 e. The molecule has 2 aliphatic rings. The molecule has 3 heterocycles. The molecule has 2 atom stereocenters. The summed E-state index contributed by atoms with van der Waals surface area (Å²) in [4.78, 5) is 38.3. The lowest BCUT2D eigenvalue weighted by molar-refractivity contribution is -0.129. The zero-order chi connectivity index (χ0) is 20.6. The minimum Gasteiger partial charge on any atom is -0.487 e. The van der Waals surface area contributed by atoms with Crippen LogP contribution in [0.4, 0.5) is 0 Å². The second-order valence-electron chi connectivity index (χ2n) is 7.80. The smallest absolute Gasteiger partial charge is 0.272 e. The fraction of sp³-hybridized carbons (Fsp3) is 0.429. The first-order valence-electron chi connectivity index (χ1n) is 9.74. The Morgan fingerprint density at radius 3 is 2.76 bits per heavy atom. The lowest BCUT2D eigenvalue weighted by Gasteiger charge is -2.42. The van der Waals surface area contributed by atoms with Crippen LogP contribution >= 0.6 is 0 Å². The van der Waals surface area contributed by atoms with E-state index in [0.29, 0.717) is 32.2 Å². The van der Waals surface area contributed by atoms with E-state index in [2.05, 4.69) is 10.4 Å². The molecule has 29 heavy (non-hydrogen) atoms. The SMILES string of the molecule is CN1CC[C@]2(CCC1=O)C[C@H](NC(=O)c1ccc(=O)n(C)n1)c1ccccc1O2. The molecule has 2 aromatic rings. The summed E-state index contributed by atoms with van der Waals surface area (Å²) in [6, 6.07) is 10.1. The van der Waals surface area contributed by atoms with Gasteiger partial charge >= 0.3 is 0 Å². The zero-order valence-corrected chi connectivity index (χ0v) is 16.6. The van der Waals surface area contributed by atoms with Gasteiger partial charge in [0.15, 0.2) is 0 Å². The normalized spacial score (nSPS) is 23.9. The molecule has 2 aliphatic heterocycles. The van der Waals surface area contributed by atoms with Gasteiger partial charge in [-0.25, -0.2) is 4.68 Å². The first kappa shape index (κ1) is 19.2. The van der Waals surface area contributed by atoms with Crippen molar-refractivity contribution in [2.45, 2.75) is 37.3 Å². The van der Waals surface area contributed by atoms with Crippen molar-refractivity contribution in [3.8, 4) is 5.75 Å². The molecule has 0 saturated carbocycles. The van der Waals surface area contributed by atoms with Gasteiger partial charge in [0.2, 0.25) is 5.91 Å². The van der Waals surface area contributed by atoms with Gasteiger partial charge in [-0.1, -0.05) is 18.2 Å². The van der Waals surface area contributed by atoms with Crippen molar-refractivity contribution < 1.29 is 14.3 Å². The number of amides is 2. The average Bonchev–Trinajstić information content (AvgIpc) is 2.84. The first-order chi connectivity index (χ1) is 13.9. The topological polar surface area (TPSA) is 93.5 Å². The van der Waals surface area contributed by atoms with Crippen LogP contribution in [0.15, 0.2) is 41.2 Å². The summed E-state index contributed by atoms with van der Waals surface area (Å²) in [6.07, 6.45) is 2.30. The van der Waals surface area contributed by atoms with Crippen molar-refractivity contribution >= 4 is 11.8 Å². The molecule has 0 radical (unpaired) electrons. The number of rotatable bonds is 2. The van der Waals surface area contributed by atoms with Crippen molar-refractivity contribution in [1.82, 2.24) is 20.0 Å². The second kappa shape index (κ2) is 7.35. The number of ether oxygens (including phenoxy) is 1. The number of likely N-dealkylation sites (tertiary alicyclic amines) is 1. The van der Waals surface area contributed by atoms with Crippen molar-refractivity contribution in [1.29, 1.82) is 0 Å². The highest BCUT2D eigenvalue weighted by atomic mass is 16.5. The quantitative estimate of drug-likeness (QED) is 0.829. The summed E-state index contributed by atoms with van der Waals surface area (Å²) < 4.78 is 7.54. The van der Waals surface area contributed by atoms with Crippen LogP contribution in [0.2, 0.25) is 0 Å². The van der Waals surface area contributed by atoms with E-state index in [-0.39, 0.29) is 29.1 Å². The molecule has 0 bridgehead atoms. The van der Waals surface area contributed by atoms with E-state index in [9.17, 15) is 14.4 Å². The van der Waals surface area contributed by atoms with Gasteiger partial charge in [0.1, 0.15) is 17.0 Å². The number of para-hydroxylation sites is 1. The number of nitrogens with one attached hydrogen (secondary N) is 1. The summed E-state index contributed by atoms with van der Waals surface area (Å²) >= 11 is 0. The molecular weight excluding hydrogens is 372 g/mol. The van der Waals surface area contributed by atoms with Crippen LogP contribution in [-0.4, -0.2) is 45.7 Å². The Bertz CT molecular complexity index is 1020. The predicted octanol–water partition coefficient (Wildman–Crippen LogP) is 1.42. The minimum absolute atomic E-state index is 0.110. The van der Waals surface area contributed by atoms with Crippen LogP contribution in [0, 0.1) is 0 Å². The number of benzene rings is 1. The summed E-state index contributed by atoms with van der Waals surface area (Å²) in [5.41, 5.74) is 0.300. The number of carbonyl (C=O) groups is 2. The van der Waals surface area contributed by atoms with Crippen LogP contribution in [-0.2, 0) is 11.8 Å². The van der Waals surface area contributed by atoms with Gasteiger partial charge in [-0.15, -0.1) is 0 Å². The van der Waals surface area contributed by atoms with E-state index in [1.165, 1.54) is 19.2 Å². The van der Waals surface area contributed by atoms with Crippen LogP contribution in [0.25, 0.3) is 0 Å². The number of fused-ring (bicyclic) bond motifs is 1. The Morgan fingerprint density at radius 1 is 1.17 bits per heavy atom. The molecule has 1 fully saturated rings. The summed E-state index contributed by atoms with van der Waals surface area (Å²) in [5, 5.41) is 7.10. The number of aryl methyl sites for hydroxylation is 1. The number of aromatic nitrogens is 2. The Morgan fingerprint density at radius 2 is 1.97 bits per heavy atom. The molecule has 0 unspecified atom stereocenters. The molecular formula is C21H24N4O4. The van der Waals surface area contributed by atoms with Gasteiger partial charge in [0.05, 0.1) is 6.04 Å². The van der Waals surface area contributed by atoms with Gasteiger partial charge in [0.25, 0.3) is 11.5 Å². The Balaban J connectivity index is 1.63. The third-order valence-corrected chi connectivity index (χ3v) is 5.82. The van der Waals surface area contributed by atoms with E-state index >= 15 is 0 Å². The molecule has 1 aromatic carbocycles. The molecule has 1 spiro atoms. The Kier molecular flexibility index (Phi) is 4.86. The minimum atomic E-state index is -0.510. The Labute approximate surface area is 168 Å². The third kappa shape index (κ3) is 3.74. The number of hydrogen-bond donors (Lipinski definition) is 1. The maximum absolute atomic E-state index is 12.8. The highest BCUT2D eigenvalue weighted by molar-refractivity contribution is 5.92. The fourth-order valence-corrected chi connectivity index (χ4v) is 4.06. The fourth-order valence-electron chi connectivity index (χ4n) is 4.06. The maximum atomic E-state index is 12.8. The van der Waals surface area contributed by atoms with Gasteiger partial charge in [-0.2, -0.15) is 5.10 Å². The van der Waals surface area contributed by atoms with E-state index < -0.39 is 5.60 Å². The van der Waals surface area contributed by atoms with Crippen LogP contribution < -0.4 is 15.6 Å². The Hall–Kier alpha value is -3.16. The van der Waals surface area contributed by atoms with Gasteiger partial charge < -0.3 is 15.0 Å². The number of carbonyl (C=O) groups excluding carboxylic acids is 2. The van der Waals surface area contributed by atoms with Crippen LogP contribution in [0.1, 0.15) is 47.8 Å². The van der Waals surface area contributed by atoms with E-state index in [0.717, 1.165) is 16.0 Å². The van der Waals surface area contributed by atoms with E-state index in [1.54, 1.807) is 4.90 Å². The van der Waals surface area contributed by atoms with Crippen molar-refractivity contribution in [3.63, 3.8) is 0 Å². The molecule has 2 amide bonds. The molecule has 4 rings (SSSR count). The highest BCUT2D eigenvalue weighted by Crippen LogP contribution is 2.44. The molecule has 152 valence electrons. The number of nitrogens with zero attached hydrogens (tertiary/aromatic N) is 3. The second-order valence-corrected chi connectivity index (χ2v) is 7.80. The van der Waals surface area contributed by atoms with Gasteiger partial charge in [-0.05, 0) is 18.6 Å². The first-order valence-corrected chi connectivity index (χ1v) is 9.74. The summed E-state index contributed by atoms with van der Waals surface area (Å²) in [6.45, 7) is 0.615. The predicted molar refractivity (Wildman–Crippen MR) is 106 cm³/mol. The largest absolute Gasteiger partial charge is 0.487 e. The van der Waals surface area contributed by atoms with Crippen molar-refractivity contribution in [2.24, 2.45) is 7.05 Å². The molecule has 8 nitrogen and oxygen atoms in total. The molecule has 8 heteroatoms. The molecule has 1 aromatic heterocycles. The molecule has 1 N–H and O–H groups in total. The summed E-state index contributed by atoms with van der Waals surface area (Å²) in [5.74, 6) is 0.494. The van der Waals surface area contributed by atoms with E-state index in [1.807, 2.05) is 31.3 Å². The van der Waals surface area contributed by atoms with Gasteiger partial charge in [-0.3, -0.25) is 14.4 Å². The van der Waals surface area contributed by atoms with Crippen molar-refractivity contribution in [2.75, 3.05) is 13.6 Å². The molecule has 1 saturated heterocycles. The monoisotopic (exact) mass is 396 g/mol. The number of hydrogen-bond acceptors (Lipinski definition) is 5. The average molecular weight is 396 g/mol. The standard InChI is InChI=1S/C21H24N4O4/c1-24-12-11-21(10-9-18(24)26)13-16(14-5-3-4-6-17(14)29-21)22-20(28)15-7-8-19(27)25(2)23-15/h3-8,16H,9-13H2,1-2H3,(H,22,28)/t16-,21+/m0/s1. The van der Waals surface area contributed by atoms with Crippen LogP contribution in [0.5, 0.6) is 5.75 Å². The lowest BCUT2D eigenvalue weighted by atomic mass is 9.82. The van der Waals surface area contributed by atoms with Crippen molar-refractivity contribution in [3.05, 3.63) is 58.0 Å². The van der Waals surface area contributed by atoms with Crippen LogP contribution in [0.3, 0.4) is 0 Å². The summed E-state index contributed by atoms with van der Waals surface area (Å²) in [7, 11) is 3.32. The molecule has 0 aliphatic carbocycles.